The molecule has 4 nitrogen and oxygen atoms in total. The third kappa shape index (κ3) is 5.74. The number of nitrogens with one attached hydrogen (secondary N) is 1. The van der Waals surface area contributed by atoms with E-state index in [1.165, 1.54) is 6.07 Å². The average molecular weight is 440 g/mol. The Morgan fingerprint density at radius 3 is 2.47 bits per heavy atom. The van der Waals surface area contributed by atoms with Crippen molar-refractivity contribution in [3.63, 3.8) is 0 Å². The second kappa shape index (κ2) is 9.81. The van der Waals surface area contributed by atoms with Crippen LogP contribution in [-0.4, -0.2) is 55.5 Å². The van der Waals surface area contributed by atoms with Gasteiger partial charge < -0.3 is 10.2 Å². The van der Waals surface area contributed by atoms with Gasteiger partial charge in [-0.05, 0) is 35.7 Å². The maximum absolute atomic E-state index is 13.3. The van der Waals surface area contributed by atoms with Gasteiger partial charge in [0.25, 0.3) is 0 Å². The van der Waals surface area contributed by atoms with E-state index >= 15 is 0 Å². The third-order valence-electron chi connectivity index (χ3n) is 5.26. The molecule has 1 aliphatic rings. The van der Waals surface area contributed by atoms with Crippen molar-refractivity contribution in [2.75, 3.05) is 39.8 Å². The number of amides is 1. The maximum Gasteiger partial charge on any atom is 0.416 e. The molecule has 30 heavy (non-hydrogen) atoms. The zero-order chi connectivity index (χ0) is 21.7. The summed E-state index contributed by atoms with van der Waals surface area (Å²) in [6.07, 6.45) is -4.17. The van der Waals surface area contributed by atoms with Gasteiger partial charge in [0.15, 0.2) is 0 Å². The molecule has 8 heteroatoms. The van der Waals surface area contributed by atoms with E-state index in [1.807, 2.05) is 30.3 Å². The lowest BCUT2D eigenvalue weighted by Gasteiger charge is -2.36. The fourth-order valence-electron chi connectivity index (χ4n) is 3.66. The van der Waals surface area contributed by atoms with E-state index in [0.717, 1.165) is 43.9 Å². The van der Waals surface area contributed by atoms with Crippen LogP contribution in [0.25, 0.3) is 0 Å². The molecule has 0 spiro atoms. The first-order chi connectivity index (χ1) is 14.3. The summed E-state index contributed by atoms with van der Waals surface area (Å²) in [7, 11) is 1.69. The lowest BCUT2D eigenvalue weighted by molar-refractivity contribution is -0.138. The standard InChI is InChI=1S/C22H25ClF3N3O/c1-28(10-7-16-13-18(22(24,25)26)15-19(23)14-16)21(30)20(17-5-3-2-4-6-17)29-11-8-27-9-12-29/h2-6,13-15,20,27H,7-12H2,1H3. The number of likely N-dealkylation sites (N-methyl/N-ethyl adjacent to an activating group) is 1. The van der Waals surface area contributed by atoms with Crippen molar-refractivity contribution in [2.45, 2.75) is 18.6 Å². The number of carbonyl (C=O) groups excluding carboxylic acids is 1. The van der Waals surface area contributed by atoms with Crippen molar-refractivity contribution in [3.05, 3.63) is 70.2 Å². The molecular formula is C22H25ClF3N3O. The molecule has 1 heterocycles. The zero-order valence-electron chi connectivity index (χ0n) is 16.8. The van der Waals surface area contributed by atoms with Crippen molar-refractivity contribution in [1.82, 2.24) is 15.1 Å². The van der Waals surface area contributed by atoms with Gasteiger partial charge in [-0.2, -0.15) is 13.2 Å². The number of hydrogen-bond donors (Lipinski definition) is 1. The van der Waals surface area contributed by atoms with Crippen molar-refractivity contribution in [2.24, 2.45) is 0 Å². The number of piperazine rings is 1. The monoisotopic (exact) mass is 439 g/mol. The average Bonchev–Trinajstić information content (AvgIpc) is 2.72. The second-order valence-electron chi connectivity index (χ2n) is 7.45. The summed E-state index contributed by atoms with van der Waals surface area (Å²) in [5, 5.41) is 3.33. The number of nitrogens with zero attached hydrogens (tertiary/aromatic N) is 2. The predicted octanol–water partition coefficient (Wildman–Crippen LogP) is 4.01. The first-order valence-electron chi connectivity index (χ1n) is 9.87. The van der Waals surface area contributed by atoms with Crippen molar-refractivity contribution in [3.8, 4) is 0 Å². The molecule has 1 fully saturated rings. The molecule has 0 aliphatic carbocycles. The molecule has 2 aromatic rings. The van der Waals surface area contributed by atoms with Gasteiger partial charge >= 0.3 is 6.18 Å². The predicted molar refractivity (Wildman–Crippen MR) is 111 cm³/mol. The molecule has 1 saturated heterocycles. The molecule has 3 rings (SSSR count). The fourth-order valence-corrected chi connectivity index (χ4v) is 3.92. The van der Waals surface area contributed by atoms with Gasteiger partial charge in [-0.15, -0.1) is 0 Å². The SMILES string of the molecule is CN(CCc1cc(Cl)cc(C(F)(F)F)c1)C(=O)C(c1ccccc1)N1CCNCC1. The minimum Gasteiger partial charge on any atom is -0.344 e. The quantitative estimate of drug-likeness (QED) is 0.738. The number of hydrogen-bond acceptors (Lipinski definition) is 3. The molecule has 1 unspecified atom stereocenters. The molecule has 162 valence electrons. The highest BCUT2D eigenvalue weighted by atomic mass is 35.5. The van der Waals surface area contributed by atoms with Crippen LogP contribution in [0.3, 0.4) is 0 Å². The molecule has 0 bridgehead atoms. The first-order valence-corrected chi connectivity index (χ1v) is 10.2. The van der Waals surface area contributed by atoms with Gasteiger partial charge in [0.1, 0.15) is 6.04 Å². The maximum atomic E-state index is 13.3. The Balaban J connectivity index is 1.74. The molecule has 1 atom stereocenters. The fraction of sp³-hybridized carbons (Fsp3) is 0.409. The molecule has 2 aromatic carbocycles. The summed E-state index contributed by atoms with van der Waals surface area (Å²) < 4.78 is 39.1. The van der Waals surface area contributed by atoms with E-state index in [0.29, 0.717) is 12.1 Å². The minimum absolute atomic E-state index is 0.0387. The van der Waals surface area contributed by atoms with Crippen LogP contribution < -0.4 is 5.32 Å². The number of benzene rings is 2. The Bertz CT molecular complexity index is 854. The summed E-state index contributed by atoms with van der Waals surface area (Å²) in [6, 6.07) is 12.7. The highest BCUT2D eigenvalue weighted by Gasteiger charge is 2.32. The Hall–Kier alpha value is -2.09. The molecular weight excluding hydrogens is 415 g/mol. The first kappa shape index (κ1) is 22.6. The van der Waals surface area contributed by atoms with Crippen LogP contribution in [-0.2, 0) is 17.4 Å². The largest absolute Gasteiger partial charge is 0.416 e. The summed E-state index contributed by atoms with van der Waals surface area (Å²) in [4.78, 5) is 17.1. The van der Waals surface area contributed by atoms with E-state index in [4.69, 9.17) is 11.6 Å². The van der Waals surface area contributed by atoms with Crippen LogP contribution in [0, 0.1) is 0 Å². The van der Waals surface area contributed by atoms with Crippen LogP contribution in [0.5, 0.6) is 0 Å². The Labute approximate surface area is 179 Å². The van der Waals surface area contributed by atoms with E-state index < -0.39 is 17.8 Å². The lowest BCUT2D eigenvalue weighted by Crippen LogP contribution is -2.50. The lowest BCUT2D eigenvalue weighted by atomic mass is 10.0. The van der Waals surface area contributed by atoms with Gasteiger partial charge in [-0.1, -0.05) is 41.9 Å². The highest BCUT2D eigenvalue weighted by molar-refractivity contribution is 6.30. The van der Waals surface area contributed by atoms with E-state index in [2.05, 4.69) is 10.2 Å². The summed E-state index contributed by atoms with van der Waals surface area (Å²) in [5.41, 5.74) is 0.591. The highest BCUT2D eigenvalue weighted by Crippen LogP contribution is 2.32. The summed E-state index contributed by atoms with van der Waals surface area (Å²) in [6.45, 7) is 3.42. The van der Waals surface area contributed by atoms with E-state index in [1.54, 1.807) is 11.9 Å². The second-order valence-corrected chi connectivity index (χ2v) is 7.89. The van der Waals surface area contributed by atoms with Gasteiger partial charge in [0.05, 0.1) is 5.56 Å². The summed E-state index contributed by atoms with van der Waals surface area (Å²) in [5.74, 6) is -0.0684. The third-order valence-corrected chi connectivity index (χ3v) is 5.48. The smallest absolute Gasteiger partial charge is 0.344 e. The van der Waals surface area contributed by atoms with Crippen LogP contribution in [0.2, 0.25) is 5.02 Å². The number of alkyl halides is 3. The molecule has 1 aliphatic heterocycles. The van der Waals surface area contributed by atoms with Gasteiger partial charge in [0, 0.05) is 44.8 Å². The van der Waals surface area contributed by atoms with Crippen molar-refractivity contribution in [1.29, 1.82) is 0 Å². The van der Waals surface area contributed by atoms with Gasteiger partial charge in [-0.3, -0.25) is 9.69 Å². The van der Waals surface area contributed by atoms with Crippen molar-refractivity contribution >= 4 is 17.5 Å². The zero-order valence-corrected chi connectivity index (χ0v) is 17.5. The molecule has 1 amide bonds. The van der Waals surface area contributed by atoms with Crippen LogP contribution in [0.15, 0.2) is 48.5 Å². The van der Waals surface area contributed by atoms with Gasteiger partial charge in [-0.25, -0.2) is 0 Å². The number of rotatable bonds is 6. The van der Waals surface area contributed by atoms with Gasteiger partial charge in [0.2, 0.25) is 5.91 Å². The summed E-state index contributed by atoms with van der Waals surface area (Å²) >= 11 is 5.87. The van der Waals surface area contributed by atoms with E-state index in [-0.39, 0.29) is 17.4 Å². The Morgan fingerprint density at radius 1 is 1.17 bits per heavy atom. The number of halogens is 4. The minimum atomic E-state index is -4.46. The van der Waals surface area contributed by atoms with Crippen LogP contribution in [0.1, 0.15) is 22.7 Å². The molecule has 0 saturated carbocycles. The molecule has 0 aromatic heterocycles. The Morgan fingerprint density at radius 2 is 1.83 bits per heavy atom. The Kier molecular flexibility index (Phi) is 7.39. The molecule has 1 N–H and O–H groups in total. The number of carbonyl (C=O) groups is 1. The van der Waals surface area contributed by atoms with E-state index in [9.17, 15) is 18.0 Å². The van der Waals surface area contributed by atoms with Crippen molar-refractivity contribution < 1.29 is 18.0 Å². The van der Waals surface area contributed by atoms with Crippen LogP contribution >= 0.6 is 11.6 Å². The van der Waals surface area contributed by atoms with Crippen LogP contribution in [0.4, 0.5) is 13.2 Å². The molecule has 0 radical (unpaired) electrons. The topological polar surface area (TPSA) is 35.6 Å². The normalized spacial score (nSPS) is 16.3.